The molecule has 2 aliphatic rings. The monoisotopic (exact) mass is 276 g/mol. The maximum atomic E-state index is 4.70. The van der Waals surface area contributed by atoms with Crippen LogP contribution in [-0.4, -0.2) is 44.8 Å². The molecule has 20 heavy (non-hydrogen) atoms. The van der Waals surface area contributed by atoms with Crippen molar-refractivity contribution >= 4 is 0 Å². The molecule has 4 nitrogen and oxygen atoms in total. The van der Waals surface area contributed by atoms with E-state index in [0.717, 1.165) is 13.1 Å². The zero-order chi connectivity index (χ0) is 14.3. The van der Waals surface area contributed by atoms with E-state index in [2.05, 4.69) is 48.4 Å². The van der Waals surface area contributed by atoms with Crippen LogP contribution in [0, 0.1) is 0 Å². The van der Waals surface area contributed by atoms with Gasteiger partial charge in [0.05, 0.1) is 17.9 Å². The van der Waals surface area contributed by atoms with Crippen LogP contribution in [0.3, 0.4) is 0 Å². The number of piperidine rings is 1. The summed E-state index contributed by atoms with van der Waals surface area (Å²) >= 11 is 0. The van der Waals surface area contributed by atoms with Gasteiger partial charge < -0.3 is 4.90 Å². The largest absolute Gasteiger partial charge is 0.301 e. The van der Waals surface area contributed by atoms with Gasteiger partial charge >= 0.3 is 0 Å². The first-order valence-corrected chi connectivity index (χ1v) is 8.09. The average molecular weight is 276 g/mol. The Labute approximate surface area is 122 Å². The van der Waals surface area contributed by atoms with Crippen LogP contribution in [0.2, 0.25) is 0 Å². The summed E-state index contributed by atoms with van der Waals surface area (Å²) in [6.07, 6.45) is 4.59. The Hall–Kier alpha value is -0.870. The van der Waals surface area contributed by atoms with Crippen molar-refractivity contribution in [3.8, 4) is 0 Å². The summed E-state index contributed by atoms with van der Waals surface area (Å²) in [4.78, 5) is 5.12. The first kappa shape index (κ1) is 14.1. The van der Waals surface area contributed by atoms with Crippen molar-refractivity contribution < 1.29 is 0 Å². The van der Waals surface area contributed by atoms with E-state index in [1.54, 1.807) is 0 Å². The molecule has 0 atom stereocenters. The number of rotatable bonds is 3. The van der Waals surface area contributed by atoms with E-state index in [4.69, 9.17) is 5.10 Å². The maximum absolute atomic E-state index is 4.70. The van der Waals surface area contributed by atoms with Crippen molar-refractivity contribution in [3.63, 3.8) is 0 Å². The molecule has 0 aromatic carbocycles. The summed E-state index contributed by atoms with van der Waals surface area (Å²) < 4.78 is 2.34. The number of hydrogen-bond donors (Lipinski definition) is 0. The Morgan fingerprint density at radius 1 is 1.00 bits per heavy atom. The van der Waals surface area contributed by atoms with Gasteiger partial charge in [-0.1, -0.05) is 0 Å². The number of likely N-dealkylation sites (tertiary alicyclic amines) is 1. The zero-order valence-corrected chi connectivity index (χ0v) is 13.3. The van der Waals surface area contributed by atoms with E-state index in [9.17, 15) is 0 Å². The molecular weight excluding hydrogens is 248 g/mol. The summed E-state index contributed by atoms with van der Waals surface area (Å²) in [5.41, 5.74) is 2.92. The fraction of sp³-hybridized carbons (Fsp3) is 0.812. The van der Waals surface area contributed by atoms with E-state index in [0.29, 0.717) is 18.1 Å². The molecule has 3 rings (SSSR count). The third kappa shape index (κ3) is 2.51. The van der Waals surface area contributed by atoms with Crippen LogP contribution < -0.4 is 0 Å². The normalized spacial score (nSPS) is 22.1. The Bertz CT molecular complexity index is 455. The second-order valence-corrected chi connectivity index (χ2v) is 6.92. The molecule has 0 unspecified atom stereocenters. The average Bonchev–Trinajstić information content (AvgIpc) is 2.98. The minimum Gasteiger partial charge on any atom is -0.301 e. The van der Waals surface area contributed by atoms with Gasteiger partial charge in [0.2, 0.25) is 0 Å². The summed E-state index contributed by atoms with van der Waals surface area (Å²) in [7, 11) is 0. The van der Waals surface area contributed by atoms with Gasteiger partial charge in [0.15, 0.2) is 0 Å². The smallest absolute Gasteiger partial charge is 0.0572 e. The third-order valence-electron chi connectivity index (χ3n) is 5.02. The molecule has 1 aromatic rings. The highest BCUT2D eigenvalue weighted by atomic mass is 15.3. The van der Waals surface area contributed by atoms with Crippen LogP contribution in [0.1, 0.15) is 57.8 Å². The van der Waals surface area contributed by atoms with Crippen LogP contribution in [-0.2, 0) is 13.1 Å². The predicted molar refractivity (Wildman–Crippen MR) is 81.6 cm³/mol. The van der Waals surface area contributed by atoms with E-state index in [1.165, 1.54) is 37.2 Å². The van der Waals surface area contributed by atoms with Gasteiger partial charge in [0, 0.05) is 43.8 Å². The molecule has 1 aromatic heterocycles. The lowest BCUT2D eigenvalue weighted by Gasteiger charge is -2.35. The molecule has 1 fully saturated rings. The molecule has 3 heterocycles. The predicted octanol–water partition coefficient (Wildman–Crippen LogP) is 2.65. The highest BCUT2D eigenvalue weighted by Gasteiger charge is 2.29. The Kier molecular flexibility index (Phi) is 3.87. The van der Waals surface area contributed by atoms with Crippen molar-refractivity contribution in [2.75, 3.05) is 13.1 Å². The molecule has 0 amide bonds. The van der Waals surface area contributed by atoms with Crippen LogP contribution in [0.5, 0.6) is 0 Å². The molecule has 4 heteroatoms. The second-order valence-electron chi connectivity index (χ2n) is 6.92. The van der Waals surface area contributed by atoms with Crippen LogP contribution >= 0.6 is 0 Å². The fourth-order valence-electron chi connectivity index (χ4n) is 3.52. The molecule has 112 valence electrons. The summed E-state index contributed by atoms with van der Waals surface area (Å²) in [5, 5.41) is 4.70. The minimum atomic E-state index is 0.612. The van der Waals surface area contributed by atoms with Gasteiger partial charge in [-0.15, -0.1) is 0 Å². The topological polar surface area (TPSA) is 24.3 Å². The Morgan fingerprint density at radius 2 is 1.65 bits per heavy atom. The number of aromatic nitrogens is 2. The quantitative estimate of drug-likeness (QED) is 0.848. The third-order valence-corrected chi connectivity index (χ3v) is 5.02. The van der Waals surface area contributed by atoms with Crippen LogP contribution in [0.15, 0.2) is 6.20 Å². The van der Waals surface area contributed by atoms with Gasteiger partial charge in [-0.25, -0.2) is 0 Å². The summed E-state index contributed by atoms with van der Waals surface area (Å²) in [6.45, 7) is 13.7. The van der Waals surface area contributed by atoms with Crippen LogP contribution in [0.25, 0.3) is 0 Å². The molecule has 0 radical (unpaired) electrons. The fourth-order valence-corrected chi connectivity index (χ4v) is 3.52. The van der Waals surface area contributed by atoms with Crippen molar-refractivity contribution in [2.45, 2.75) is 71.8 Å². The van der Waals surface area contributed by atoms with Gasteiger partial charge in [-0.2, -0.15) is 5.10 Å². The standard InChI is InChI=1S/C16H28N4/c1-12(2)18-7-5-15(6-8-18)20-16-11-19(13(3)4)10-14(16)9-17-20/h9,12-13,15H,5-8,10-11H2,1-4H3. The lowest BCUT2D eigenvalue weighted by atomic mass is 10.0. The Morgan fingerprint density at radius 3 is 2.25 bits per heavy atom. The van der Waals surface area contributed by atoms with Crippen molar-refractivity contribution in [1.29, 1.82) is 0 Å². The lowest BCUT2D eigenvalue weighted by Crippen LogP contribution is -2.39. The summed E-state index contributed by atoms with van der Waals surface area (Å²) in [6, 6.07) is 1.91. The number of nitrogens with zero attached hydrogens (tertiary/aromatic N) is 4. The van der Waals surface area contributed by atoms with E-state index >= 15 is 0 Å². The van der Waals surface area contributed by atoms with Crippen molar-refractivity contribution in [3.05, 3.63) is 17.5 Å². The van der Waals surface area contributed by atoms with Crippen molar-refractivity contribution in [1.82, 2.24) is 19.6 Å². The zero-order valence-electron chi connectivity index (χ0n) is 13.3. The number of hydrogen-bond acceptors (Lipinski definition) is 3. The minimum absolute atomic E-state index is 0.612. The highest BCUT2D eigenvalue weighted by molar-refractivity contribution is 5.23. The SMILES string of the molecule is CC(C)N1CCC(n2ncc3c2CN(C(C)C)C3)CC1. The lowest BCUT2D eigenvalue weighted by molar-refractivity contribution is 0.143. The van der Waals surface area contributed by atoms with Gasteiger partial charge in [0.25, 0.3) is 0 Å². The van der Waals surface area contributed by atoms with E-state index in [-0.39, 0.29) is 0 Å². The molecule has 2 aliphatic heterocycles. The van der Waals surface area contributed by atoms with E-state index < -0.39 is 0 Å². The van der Waals surface area contributed by atoms with Gasteiger partial charge in [-0.3, -0.25) is 9.58 Å². The van der Waals surface area contributed by atoms with E-state index in [1.807, 2.05) is 0 Å². The molecule has 0 aliphatic carbocycles. The van der Waals surface area contributed by atoms with Gasteiger partial charge in [-0.05, 0) is 40.5 Å². The molecule has 0 spiro atoms. The molecule has 1 saturated heterocycles. The molecule has 0 bridgehead atoms. The first-order chi connectivity index (χ1) is 9.56. The van der Waals surface area contributed by atoms with Gasteiger partial charge in [0.1, 0.15) is 0 Å². The highest BCUT2D eigenvalue weighted by Crippen LogP contribution is 2.30. The molecule has 0 saturated carbocycles. The summed E-state index contributed by atoms with van der Waals surface area (Å²) in [5.74, 6) is 0. The first-order valence-electron chi connectivity index (χ1n) is 8.09. The van der Waals surface area contributed by atoms with Crippen molar-refractivity contribution in [2.24, 2.45) is 0 Å². The molecular formula is C16H28N4. The molecule has 0 N–H and O–H groups in total. The maximum Gasteiger partial charge on any atom is 0.0572 e. The van der Waals surface area contributed by atoms with Crippen LogP contribution in [0.4, 0.5) is 0 Å². The second kappa shape index (κ2) is 5.49. The Balaban J connectivity index is 1.69. The number of fused-ring (bicyclic) bond motifs is 1.